The number of fused-ring (bicyclic) bond motifs is 1. The molecule has 0 aliphatic heterocycles. The molecule has 0 saturated heterocycles. The quantitative estimate of drug-likeness (QED) is 0.774. The second-order valence-corrected chi connectivity index (χ2v) is 5.50. The Morgan fingerprint density at radius 1 is 1.09 bits per heavy atom. The largest absolute Gasteiger partial charge is 0.294 e. The van der Waals surface area contributed by atoms with E-state index < -0.39 is 0 Å². The molecule has 0 amide bonds. The van der Waals surface area contributed by atoms with Crippen molar-refractivity contribution >= 4 is 22.8 Å². The summed E-state index contributed by atoms with van der Waals surface area (Å²) in [5.74, 6) is 0.786. The van der Waals surface area contributed by atoms with Crippen LogP contribution in [0.1, 0.15) is 30.3 Å². The average Bonchev–Trinajstić information content (AvgIpc) is 2.51. The predicted molar refractivity (Wildman–Crippen MR) is 91.1 cm³/mol. The van der Waals surface area contributed by atoms with Crippen molar-refractivity contribution < 1.29 is 0 Å². The van der Waals surface area contributed by atoms with Gasteiger partial charge in [0.1, 0.15) is 0 Å². The first-order valence-electron chi connectivity index (χ1n) is 7.68. The molecule has 6 heteroatoms. The maximum atomic E-state index is 12.1. The highest BCUT2D eigenvalue weighted by molar-refractivity contribution is 5.81. The zero-order chi connectivity index (χ0) is 16.4. The van der Waals surface area contributed by atoms with E-state index in [4.69, 9.17) is 0 Å². The van der Waals surface area contributed by atoms with Crippen LogP contribution in [0.3, 0.4) is 0 Å². The predicted octanol–water partition coefficient (Wildman–Crippen LogP) is 3.03. The van der Waals surface area contributed by atoms with Gasteiger partial charge in [-0.25, -0.2) is 15.0 Å². The lowest BCUT2D eigenvalue weighted by atomic mass is 10.1. The van der Waals surface area contributed by atoms with Crippen LogP contribution in [0.15, 0.2) is 29.1 Å². The first-order chi connectivity index (χ1) is 11.1. The number of anilines is 2. The maximum absolute atomic E-state index is 12.1. The molecule has 0 unspecified atom stereocenters. The van der Waals surface area contributed by atoms with Gasteiger partial charge in [0, 0.05) is 16.6 Å². The van der Waals surface area contributed by atoms with Gasteiger partial charge >= 0.3 is 0 Å². The summed E-state index contributed by atoms with van der Waals surface area (Å²) in [5.41, 5.74) is 3.08. The number of aromatic nitrogens is 4. The number of benzene rings is 1. The van der Waals surface area contributed by atoms with Gasteiger partial charge < -0.3 is 0 Å². The third-order valence-corrected chi connectivity index (χ3v) is 3.75. The number of nitrogens with zero attached hydrogens (tertiary/aromatic N) is 3. The normalized spacial score (nSPS) is 10.9. The SMILES string of the molecule is CCCc1c(C)nc(Nc2nc(C)c3ccccc3n2)[nH]c1=O. The molecule has 6 nitrogen and oxygen atoms in total. The number of rotatable bonds is 4. The summed E-state index contributed by atoms with van der Waals surface area (Å²) >= 11 is 0. The average molecular weight is 309 g/mol. The number of hydrogen-bond donors (Lipinski definition) is 2. The van der Waals surface area contributed by atoms with Crippen LogP contribution in [-0.4, -0.2) is 19.9 Å². The Morgan fingerprint density at radius 3 is 2.61 bits per heavy atom. The molecule has 118 valence electrons. The first-order valence-corrected chi connectivity index (χ1v) is 7.68. The van der Waals surface area contributed by atoms with E-state index in [0.717, 1.165) is 40.7 Å². The molecule has 0 aliphatic rings. The zero-order valence-electron chi connectivity index (χ0n) is 13.5. The highest BCUT2D eigenvalue weighted by Crippen LogP contribution is 2.18. The van der Waals surface area contributed by atoms with Crippen LogP contribution in [0.4, 0.5) is 11.9 Å². The van der Waals surface area contributed by atoms with Crippen molar-refractivity contribution in [3.8, 4) is 0 Å². The van der Waals surface area contributed by atoms with E-state index in [1.165, 1.54) is 0 Å². The lowest BCUT2D eigenvalue weighted by Crippen LogP contribution is -2.18. The van der Waals surface area contributed by atoms with Crippen LogP contribution in [0.5, 0.6) is 0 Å². The van der Waals surface area contributed by atoms with Gasteiger partial charge in [-0.05, 0) is 26.3 Å². The van der Waals surface area contributed by atoms with Crippen LogP contribution in [-0.2, 0) is 6.42 Å². The minimum atomic E-state index is -0.112. The van der Waals surface area contributed by atoms with Crippen molar-refractivity contribution in [2.24, 2.45) is 0 Å². The molecule has 0 atom stereocenters. The van der Waals surface area contributed by atoms with E-state index in [2.05, 4.69) is 25.3 Å². The van der Waals surface area contributed by atoms with E-state index in [9.17, 15) is 4.79 Å². The number of H-pyrrole nitrogens is 1. The number of nitrogens with one attached hydrogen (secondary N) is 2. The highest BCUT2D eigenvalue weighted by Gasteiger charge is 2.09. The summed E-state index contributed by atoms with van der Waals surface area (Å²) in [4.78, 5) is 28.2. The van der Waals surface area contributed by atoms with E-state index in [0.29, 0.717) is 11.9 Å². The fourth-order valence-electron chi connectivity index (χ4n) is 2.61. The Bertz CT molecular complexity index is 916. The van der Waals surface area contributed by atoms with E-state index in [1.54, 1.807) is 0 Å². The van der Waals surface area contributed by atoms with Crippen LogP contribution in [0.2, 0.25) is 0 Å². The Hall–Kier alpha value is -2.76. The van der Waals surface area contributed by atoms with Gasteiger partial charge in [0.2, 0.25) is 11.9 Å². The zero-order valence-corrected chi connectivity index (χ0v) is 13.5. The number of para-hydroxylation sites is 1. The van der Waals surface area contributed by atoms with Crippen LogP contribution in [0.25, 0.3) is 10.9 Å². The molecule has 0 radical (unpaired) electrons. The van der Waals surface area contributed by atoms with Crippen LogP contribution in [0, 0.1) is 13.8 Å². The minimum absolute atomic E-state index is 0.112. The molecule has 23 heavy (non-hydrogen) atoms. The summed E-state index contributed by atoms with van der Waals surface area (Å²) in [6.45, 7) is 5.82. The molecule has 0 saturated carbocycles. The van der Waals surface area contributed by atoms with Crippen LogP contribution >= 0.6 is 0 Å². The second-order valence-electron chi connectivity index (χ2n) is 5.50. The minimum Gasteiger partial charge on any atom is -0.294 e. The van der Waals surface area contributed by atoms with Crippen molar-refractivity contribution in [2.75, 3.05) is 5.32 Å². The summed E-state index contributed by atoms with van der Waals surface area (Å²) < 4.78 is 0. The Labute approximate surface area is 134 Å². The Morgan fingerprint density at radius 2 is 1.87 bits per heavy atom. The molecule has 3 aromatic rings. The lowest BCUT2D eigenvalue weighted by Gasteiger charge is -2.09. The molecule has 2 heterocycles. The third-order valence-electron chi connectivity index (χ3n) is 3.75. The van der Waals surface area contributed by atoms with Crippen molar-refractivity contribution in [3.05, 3.63) is 51.6 Å². The molecule has 0 spiro atoms. The van der Waals surface area contributed by atoms with E-state index in [-0.39, 0.29) is 5.56 Å². The van der Waals surface area contributed by atoms with E-state index >= 15 is 0 Å². The monoisotopic (exact) mass is 309 g/mol. The summed E-state index contributed by atoms with van der Waals surface area (Å²) in [5, 5.41) is 4.01. The van der Waals surface area contributed by atoms with Gasteiger partial charge in [0.05, 0.1) is 11.2 Å². The fourth-order valence-corrected chi connectivity index (χ4v) is 2.61. The number of aromatic amines is 1. The molecule has 3 rings (SSSR count). The molecule has 2 N–H and O–H groups in total. The summed E-state index contributed by atoms with van der Waals surface area (Å²) in [6, 6.07) is 7.81. The topological polar surface area (TPSA) is 83.6 Å². The maximum Gasteiger partial charge on any atom is 0.255 e. The molecule has 2 aromatic heterocycles. The Balaban J connectivity index is 1.98. The van der Waals surface area contributed by atoms with Gasteiger partial charge in [-0.2, -0.15) is 0 Å². The van der Waals surface area contributed by atoms with Gasteiger partial charge in [0.15, 0.2) is 0 Å². The summed E-state index contributed by atoms with van der Waals surface area (Å²) in [6.07, 6.45) is 1.63. The molecular weight excluding hydrogens is 290 g/mol. The fraction of sp³-hybridized carbons (Fsp3) is 0.294. The first kappa shape index (κ1) is 15.1. The van der Waals surface area contributed by atoms with Crippen LogP contribution < -0.4 is 10.9 Å². The smallest absolute Gasteiger partial charge is 0.255 e. The molecule has 1 aromatic carbocycles. The highest BCUT2D eigenvalue weighted by atomic mass is 16.1. The van der Waals surface area contributed by atoms with Crippen molar-refractivity contribution in [1.29, 1.82) is 0 Å². The third kappa shape index (κ3) is 3.06. The molecular formula is C17H19N5O. The van der Waals surface area contributed by atoms with Crippen molar-refractivity contribution in [2.45, 2.75) is 33.6 Å². The standard InChI is InChI=1S/C17H19N5O/c1-4-7-13-11(3)19-17(21-15(13)23)22-16-18-10(2)12-8-5-6-9-14(12)20-16/h5-6,8-9H,4,7H2,1-3H3,(H2,18,19,20,21,22,23). The number of aryl methyl sites for hydroxylation is 2. The summed E-state index contributed by atoms with van der Waals surface area (Å²) in [7, 11) is 0. The molecule has 0 bridgehead atoms. The van der Waals surface area contributed by atoms with Gasteiger partial charge in [0.25, 0.3) is 5.56 Å². The van der Waals surface area contributed by atoms with Crippen molar-refractivity contribution in [3.63, 3.8) is 0 Å². The van der Waals surface area contributed by atoms with E-state index in [1.807, 2.05) is 45.0 Å². The van der Waals surface area contributed by atoms with Gasteiger partial charge in [-0.1, -0.05) is 31.5 Å². The molecule has 0 aliphatic carbocycles. The van der Waals surface area contributed by atoms with Gasteiger partial charge in [-0.3, -0.25) is 15.1 Å². The number of hydrogen-bond acceptors (Lipinski definition) is 5. The van der Waals surface area contributed by atoms with Gasteiger partial charge in [-0.15, -0.1) is 0 Å². The lowest BCUT2D eigenvalue weighted by molar-refractivity contribution is 0.867. The van der Waals surface area contributed by atoms with Crippen molar-refractivity contribution in [1.82, 2.24) is 19.9 Å². The Kier molecular flexibility index (Phi) is 4.06. The second kappa shape index (κ2) is 6.16. The molecule has 0 fully saturated rings.